The zero-order chi connectivity index (χ0) is 14.8. The number of carbonyl (C=O) groups is 1. The van der Waals surface area contributed by atoms with Gasteiger partial charge < -0.3 is 9.84 Å². The number of rotatable bonds is 9. The summed E-state index contributed by atoms with van der Waals surface area (Å²) in [7, 11) is 0. The molecule has 0 fully saturated rings. The molecule has 0 aliphatic rings. The van der Waals surface area contributed by atoms with E-state index in [1.807, 2.05) is 0 Å². The molecule has 1 unspecified atom stereocenters. The minimum absolute atomic E-state index is 0.0199. The number of aromatic hydroxyl groups is 1. The van der Waals surface area contributed by atoms with Crippen LogP contribution in [0.4, 0.5) is 0 Å². The van der Waals surface area contributed by atoms with E-state index in [2.05, 4.69) is 13.8 Å². The maximum absolute atomic E-state index is 11.9. The Morgan fingerprint density at radius 1 is 1.20 bits per heavy atom. The number of para-hydroxylation sites is 1. The van der Waals surface area contributed by atoms with Crippen LogP contribution in [0.1, 0.15) is 62.7 Å². The van der Waals surface area contributed by atoms with Crippen LogP contribution in [0.15, 0.2) is 24.3 Å². The van der Waals surface area contributed by atoms with Crippen LogP contribution in [-0.2, 0) is 4.74 Å². The van der Waals surface area contributed by atoms with Crippen LogP contribution in [0.25, 0.3) is 0 Å². The molecule has 1 aromatic rings. The fourth-order valence-electron chi connectivity index (χ4n) is 2.18. The van der Waals surface area contributed by atoms with Crippen LogP contribution >= 0.6 is 0 Å². The Hall–Kier alpha value is -1.51. The Balaban J connectivity index is 2.36. The van der Waals surface area contributed by atoms with Crippen molar-refractivity contribution in [1.82, 2.24) is 0 Å². The van der Waals surface area contributed by atoms with Crippen molar-refractivity contribution in [3.8, 4) is 5.75 Å². The molecule has 1 N–H and O–H groups in total. The van der Waals surface area contributed by atoms with Gasteiger partial charge in [0.15, 0.2) is 0 Å². The monoisotopic (exact) mass is 278 g/mol. The van der Waals surface area contributed by atoms with Gasteiger partial charge in [-0.05, 0) is 24.5 Å². The van der Waals surface area contributed by atoms with Gasteiger partial charge >= 0.3 is 5.97 Å². The number of phenols is 1. The highest BCUT2D eigenvalue weighted by Crippen LogP contribution is 2.19. The summed E-state index contributed by atoms with van der Waals surface area (Å²) >= 11 is 0. The molecule has 112 valence electrons. The van der Waals surface area contributed by atoms with Crippen molar-refractivity contribution in [2.24, 2.45) is 5.92 Å². The topological polar surface area (TPSA) is 46.5 Å². The van der Waals surface area contributed by atoms with E-state index >= 15 is 0 Å². The third-order valence-electron chi connectivity index (χ3n) is 3.62. The molecule has 0 saturated carbocycles. The van der Waals surface area contributed by atoms with E-state index in [1.165, 1.54) is 31.7 Å². The number of hydrogen-bond acceptors (Lipinski definition) is 3. The summed E-state index contributed by atoms with van der Waals surface area (Å²) < 4.78 is 5.32. The molecule has 0 aliphatic carbocycles. The molecule has 0 saturated heterocycles. The zero-order valence-electron chi connectivity index (χ0n) is 12.6. The van der Waals surface area contributed by atoms with Crippen molar-refractivity contribution in [3.63, 3.8) is 0 Å². The molecular formula is C17H26O3. The molecule has 1 aromatic carbocycles. The second-order valence-corrected chi connectivity index (χ2v) is 5.24. The molecule has 0 amide bonds. The lowest BCUT2D eigenvalue weighted by Crippen LogP contribution is -2.14. The van der Waals surface area contributed by atoms with Crippen LogP contribution in [-0.4, -0.2) is 17.7 Å². The lowest BCUT2D eigenvalue weighted by molar-refractivity contribution is 0.0424. The van der Waals surface area contributed by atoms with E-state index in [1.54, 1.807) is 18.2 Å². The molecule has 0 heterocycles. The molecule has 0 bridgehead atoms. The first kappa shape index (κ1) is 16.5. The zero-order valence-corrected chi connectivity index (χ0v) is 12.6. The summed E-state index contributed by atoms with van der Waals surface area (Å²) in [4.78, 5) is 11.9. The fraction of sp³-hybridized carbons (Fsp3) is 0.588. The Labute approximate surface area is 122 Å². The van der Waals surface area contributed by atoms with Crippen molar-refractivity contribution >= 4 is 5.97 Å². The molecule has 0 spiro atoms. The van der Waals surface area contributed by atoms with Gasteiger partial charge in [0.05, 0.1) is 6.61 Å². The molecule has 3 nitrogen and oxygen atoms in total. The van der Waals surface area contributed by atoms with E-state index in [9.17, 15) is 9.90 Å². The molecule has 20 heavy (non-hydrogen) atoms. The van der Waals surface area contributed by atoms with Crippen LogP contribution in [0.2, 0.25) is 0 Å². The first-order chi connectivity index (χ1) is 9.69. The van der Waals surface area contributed by atoms with Crippen molar-refractivity contribution in [1.29, 1.82) is 0 Å². The van der Waals surface area contributed by atoms with Gasteiger partial charge in [-0.25, -0.2) is 4.79 Å². The number of benzene rings is 1. The largest absolute Gasteiger partial charge is 0.507 e. The van der Waals surface area contributed by atoms with E-state index < -0.39 is 5.97 Å². The Morgan fingerprint density at radius 3 is 2.60 bits per heavy atom. The minimum atomic E-state index is -0.435. The lowest BCUT2D eigenvalue weighted by Gasteiger charge is -2.15. The van der Waals surface area contributed by atoms with Crippen molar-refractivity contribution in [2.45, 2.75) is 52.4 Å². The van der Waals surface area contributed by atoms with Gasteiger partial charge in [-0.15, -0.1) is 0 Å². The molecule has 0 radical (unpaired) electrons. The predicted octanol–water partition coefficient (Wildman–Crippen LogP) is 4.55. The number of hydrogen-bond donors (Lipinski definition) is 1. The summed E-state index contributed by atoms with van der Waals surface area (Å²) in [6, 6.07) is 6.49. The van der Waals surface area contributed by atoms with Gasteiger partial charge in [-0.1, -0.05) is 58.1 Å². The summed E-state index contributed by atoms with van der Waals surface area (Å²) in [6.07, 6.45) is 7.07. The Kier molecular flexibility index (Phi) is 7.78. The van der Waals surface area contributed by atoms with Crippen LogP contribution in [0.3, 0.4) is 0 Å². The maximum Gasteiger partial charge on any atom is 0.341 e. The highest BCUT2D eigenvalue weighted by atomic mass is 16.5. The molecule has 0 aliphatic heterocycles. The summed E-state index contributed by atoms with van der Waals surface area (Å²) in [6.45, 7) is 4.76. The highest BCUT2D eigenvalue weighted by molar-refractivity contribution is 5.92. The molecule has 0 aromatic heterocycles. The quantitative estimate of drug-likeness (QED) is 0.532. The number of carbonyl (C=O) groups excluding carboxylic acids is 1. The van der Waals surface area contributed by atoms with E-state index in [0.717, 1.165) is 12.8 Å². The maximum atomic E-state index is 11.9. The Morgan fingerprint density at radius 2 is 1.95 bits per heavy atom. The van der Waals surface area contributed by atoms with Gasteiger partial charge in [-0.2, -0.15) is 0 Å². The first-order valence-electron chi connectivity index (χ1n) is 7.64. The average Bonchev–Trinajstić information content (AvgIpc) is 2.46. The number of phenolic OH excluding ortho intramolecular Hbond substituents is 1. The molecular weight excluding hydrogens is 252 g/mol. The van der Waals surface area contributed by atoms with Crippen molar-refractivity contribution in [3.05, 3.63) is 29.8 Å². The summed E-state index contributed by atoms with van der Waals surface area (Å²) in [5, 5.41) is 9.60. The Bertz CT molecular complexity index is 401. The SMILES string of the molecule is CCCCCCC(CC)COC(=O)c1ccccc1O. The normalized spacial score (nSPS) is 12.1. The molecule has 3 heteroatoms. The van der Waals surface area contributed by atoms with Crippen LogP contribution < -0.4 is 0 Å². The van der Waals surface area contributed by atoms with Crippen molar-refractivity contribution < 1.29 is 14.6 Å². The number of esters is 1. The minimum Gasteiger partial charge on any atom is -0.507 e. The van der Waals surface area contributed by atoms with Gasteiger partial charge in [0.25, 0.3) is 0 Å². The van der Waals surface area contributed by atoms with Gasteiger partial charge in [-0.3, -0.25) is 0 Å². The number of unbranched alkanes of at least 4 members (excludes halogenated alkanes) is 3. The second kappa shape index (κ2) is 9.40. The van der Waals surface area contributed by atoms with E-state index in [4.69, 9.17) is 4.74 Å². The average molecular weight is 278 g/mol. The second-order valence-electron chi connectivity index (χ2n) is 5.24. The summed E-state index contributed by atoms with van der Waals surface area (Å²) in [5.74, 6) is -0.0368. The first-order valence-corrected chi connectivity index (χ1v) is 7.64. The van der Waals surface area contributed by atoms with Gasteiger partial charge in [0.1, 0.15) is 11.3 Å². The predicted molar refractivity (Wildman–Crippen MR) is 80.9 cm³/mol. The van der Waals surface area contributed by atoms with Crippen molar-refractivity contribution in [2.75, 3.05) is 6.61 Å². The smallest absolute Gasteiger partial charge is 0.341 e. The molecule has 1 rings (SSSR count). The third kappa shape index (κ3) is 5.64. The van der Waals surface area contributed by atoms with Gasteiger partial charge in [0, 0.05) is 0 Å². The van der Waals surface area contributed by atoms with Crippen LogP contribution in [0, 0.1) is 5.92 Å². The van der Waals surface area contributed by atoms with E-state index in [-0.39, 0.29) is 11.3 Å². The number of ether oxygens (including phenoxy) is 1. The fourth-order valence-corrected chi connectivity index (χ4v) is 2.18. The molecule has 1 atom stereocenters. The third-order valence-corrected chi connectivity index (χ3v) is 3.62. The summed E-state index contributed by atoms with van der Waals surface area (Å²) in [5.41, 5.74) is 0.244. The lowest BCUT2D eigenvalue weighted by atomic mass is 9.99. The standard InChI is InChI=1S/C17H26O3/c1-3-5-6-7-10-14(4-2)13-20-17(19)15-11-8-9-12-16(15)18/h8-9,11-12,14,18H,3-7,10,13H2,1-2H3. The highest BCUT2D eigenvalue weighted by Gasteiger charge is 2.14. The van der Waals surface area contributed by atoms with E-state index in [0.29, 0.717) is 12.5 Å². The van der Waals surface area contributed by atoms with Crippen LogP contribution in [0.5, 0.6) is 5.75 Å². The van der Waals surface area contributed by atoms with Gasteiger partial charge in [0.2, 0.25) is 0 Å².